The molecule has 0 spiro atoms. The first-order valence-electron chi connectivity index (χ1n) is 9.19. The van der Waals surface area contributed by atoms with Gasteiger partial charge in [-0.3, -0.25) is 9.69 Å². The van der Waals surface area contributed by atoms with Crippen LogP contribution in [0, 0.1) is 5.82 Å². The molecule has 3 heterocycles. The number of para-hydroxylation sites is 1. The lowest BCUT2D eigenvalue weighted by Gasteiger charge is -2.19. The number of likely N-dealkylation sites (tertiary alicyclic amines) is 1. The summed E-state index contributed by atoms with van der Waals surface area (Å²) < 4.78 is 19.2. The molecule has 1 aliphatic carbocycles. The van der Waals surface area contributed by atoms with Gasteiger partial charge in [-0.2, -0.15) is 4.98 Å². The van der Waals surface area contributed by atoms with E-state index in [4.69, 9.17) is 4.52 Å². The Hall–Kier alpha value is -2.81. The van der Waals surface area contributed by atoms with Gasteiger partial charge in [-0.25, -0.2) is 9.37 Å². The molecular weight excluding hydrogens is 351 g/mol. The van der Waals surface area contributed by atoms with Crippen molar-refractivity contribution in [1.82, 2.24) is 30.3 Å². The maximum atomic E-state index is 13.9. The fourth-order valence-corrected chi connectivity index (χ4v) is 3.55. The van der Waals surface area contributed by atoms with Crippen LogP contribution >= 0.6 is 0 Å². The highest BCUT2D eigenvalue weighted by molar-refractivity contribution is 5.90. The Bertz CT molecular complexity index is 995. The minimum Gasteiger partial charge on any atom is -0.346 e. The molecule has 1 amide bonds. The van der Waals surface area contributed by atoms with Crippen molar-refractivity contribution < 1.29 is 13.7 Å². The van der Waals surface area contributed by atoms with E-state index in [0.29, 0.717) is 29.3 Å². The molecule has 1 saturated heterocycles. The fraction of sp³-hybridized carbons (Fsp3) is 0.444. The summed E-state index contributed by atoms with van der Waals surface area (Å²) in [6, 6.07) is 5.04. The quantitative estimate of drug-likeness (QED) is 0.715. The van der Waals surface area contributed by atoms with Crippen molar-refractivity contribution >= 4 is 16.9 Å². The van der Waals surface area contributed by atoms with Gasteiger partial charge in [-0.1, -0.05) is 11.2 Å². The average molecular weight is 370 g/mol. The number of aromatic nitrogens is 4. The molecule has 0 unspecified atom stereocenters. The van der Waals surface area contributed by atoms with E-state index in [1.807, 2.05) is 0 Å². The summed E-state index contributed by atoms with van der Waals surface area (Å²) >= 11 is 0. The number of aromatic amines is 1. The molecule has 2 aromatic heterocycles. The minimum absolute atomic E-state index is 0.0713. The number of hydrogen-bond acceptors (Lipinski definition) is 6. The predicted octanol–water partition coefficient (Wildman–Crippen LogP) is 2.31. The lowest BCUT2D eigenvalue weighted by atomic mass is 10.2. The second kappa shape index (κ2) is 6.41. The average Bonchev–Trinajstić information content (AvgIpc) is 3.06. The van der Waals surface area contributed by atoms with Gasteiger partial charge < -0.3 is 14.8 Å². The summed E-state index contributed by atoms with van der Waals surface area (Å²) in [6.07, 6.45) is 3.85. The van der Waals surface area contributed by atoms with Gasteiger partial charge in [0.25, 0.3) is 11.7 Å². The van der Waals surface area contributed by atoms with E-state index in [1.54, 1.807) is 12.1 Å². The molecule has 8 nitrogen and oxygen atoms in total. The van der Waals surface area contributed by atoms with Crippen LogP contribution < -0.4 is 5.32 Å². The summed E-state index contributed by atoms with van der Waals surface area (Å²) in [7, 11) is 0. The lowest BCUT2D eigenvalue weighted by molar-refractivity contribution is 0.0937. The Morgan fingerprint density at radius 3 is 3.04 bits per heavy atom. The number of nitrogens with one attached hydrogen (secondary N) is 2. The maximum Gasteiger partial charge on any atom is 0.292 e. The number of nitrogens with zero attached hydrogens (tertiary/aromatic N) is 4. The van der Waals surface area contributed by atoms with Crippen molar-refractivity contribution in [2.45, 2.75) is 44.3 Å². The molecule has 9 heteroatoms. The summed E-state index contributed by atoms with van der Waals surface area (Å²) in [5, 5.41) is 6.69. The zero-order valence-electron chi connectivity index (χ0n) is 14.6. The number of halogens is 1. The van der Waals surface area contributed by atoms with Gasteiger partial charge in [-0.15, -0.1) is 0 Å². The monoisotopic (exact) mass is 370 g/mol. The molecule has 1 atom stereocenters. The molecule has 1 saturated carbocycles. The highest BCUT2D eigenvalue weighted by Crippen LogP contribution is 2.32. The summed E-state index contributed by atoms with van der Waals surface area (Å²) in [5.74, 6) is 0.583. The first-order valence-corrected chi connectivity index (χ1v) is 9.19. The molecule has 2 fully saturated rings. The minimum atomic E-state index is -0.337. The number of H-pyrrole nitrogens is 1. The van der Waals surface area contributed by atoms with E-state index in [0.717, 1.165) is 32.2 Å². The van der Waals surface area contributed by atoms with E-state index in [9.17, 15) is 9.18 Å². The van der Waals surface area contributed by atoms with Crippen molar-refractivity contribution in [3.8, 4) is 0 Å². The third-order valence-electron chi connectivity index (χ3n) is 5.07. The van der Waals surface area contributed by atoms with Crippen molar-refractivity contribution in [2.75, 3.05) is 6.54 Å². The topological polar surface area (TPSA) is 99.9 Å². The molecule has 0 bridgehead atoms. The molecule has 3 aromatic rings. The maximum absolute atomic E-state index is 13.9. The van der Waals surface area contributed by atoms with Gasteiger partial charge in [0.05, 0.1) is 18.1 Å². The van der Waals surface area contributed by atoms with Crippen LogP contribution in [0.1, 0.15) is 54.1 Å². The molecule has 140 valence electrons. The van der Waals surface area contributed by atoms with Gasteiger partial charge in [0.15, 0.2) is 5.82 Å². The molecule has 2 aliphatic rings. The summed E-state index contributed by atoms with van der Waals surface area (Å²) in [4.78, 5) is 26.1. The van der Waals surface area contributed by atoms with Gasteiger partial charge in [-0.05, 0) is 44.4 Å². The first-order chi connectivity index (χ1) is 13.2. The number of amides is 1. The zero-order chi connectivity index (χ0) is 18.4. The zero-order valence-corrected chi connectivity index (χ0v) is 14.6. The third kappa shape index (κ3) is 3.18. The van der Waals surface area contributed by atoms with Gasteiger partial charge in [0.1, 0.15) is 11.3 Å². The highest BCUT2D eigenvalue weighted by Gasteiger charge is 2.33. The Kier molecular flexibility index (Phi) is 3.89. The molecule has 1 aromatic carbocycles. The number of rotatable bonds is 5. The molecular formula is C18H19FN6O2. The van der Waals surface area contributed by atoms with E-state index in [-0.39, 0.29) is 29.6 Å². The van der Waals surface area contributed by atoms with Crippen LogP contribution in [0.3, 0.4) is 0 Å². The van der Waals surface area contributed by atoms with Crippen LogP contribution in [0.2, 0.25) is 0 Å². The SMILES string of the molecule is O=C(NC1CC1)c1noc([C@H]2CCCN2Cc2nc3c(F)cccc3[nH]2)n1. The standard InChI is InChI=1S/C18H19FN6O2/c19-11-3-1-4-12-15(11)22-14(21-12)9-25-8-2-5-13(25)18-23-16(24-27-18)17(26)20-10-6-7-10/h1,3-4,10,13H,2,5-9H2,(H,20,26)(H,21,22)/t13-/m1/s1. The van der Waals surface area contributed by atoms with E-state index in [1.165, 1.54) is 6.07 Å². The smallest absolute Gasteiger partial charge is 0.292 e. The van der Waals surface area contributed by atoms with Crippen LogP contribution in [0.25, 0.3) is 11.0 Å². The number of fused-ring (bicyclic) bond motifs is 1. The summed E-state index contributed by atoms with van der Waals surface area (Å²) in [5.41, 5.74) is 1.03. The Morgan fingerprint density at radius 1 is 1.33 bits per heavy atom. The van der Waals surface area contributed by atoms with E-state index < -0.39 is 0 Å². The normalized spacial score (nSPS) is 20.4. The van der Waals surface area contributed by atoms with Crippen LogP contribution in [0.5, 0.6) is 0 Å². The predicted molar refractivity (Wildman–Crippen MR) is 93.2 cm³/mol. The van der Waals surface area contributed by atoms with Crippen LogP contribution in [0.15, 0.2) is 22.7 Å². The Morgan fingerprint density at radius 2 is 2.22 bits per heavy atom. The molecule has 1 aliphatic heterocycles. The van der Waals surface area contributed by atoms with Gasteiger partial charge in [0.2, 0.25) is 5.89 Å². The third-order valence-corrected chi connectivity index (χ3v) is 5.07. The number of carbonyl (C=O) groups excluding carboxylic acids is 1. The van der Waals surface area contributed by atoms with E-state index >= 15 is 0 Å². The Labute approximate surface area is 154 Å². The number of carbonyl (C=O) groups is 1. The molecule has 0 radical (unpaired) electrons. The van der Waals surface area contributed by atoms with Crippen LogP contribution in [0.4, 0.5) is 4.39 Å². The largest absolute Gasteiger partial charge is 0.346 e. The van der Waals surface area contributed by atoms with Crippen LogP contribution in [-0.4, -0.2) is 43.5 Å². The number of benzene rings is 1. The lowest BCUT2D eigenvalue weighted by Crippen LogP contribution is -2.27. The van der Waals surface area contributed by atoms with Gasteiger partial charge >= 0.3 is 0 Å². The Balaban J connectivity index is 1.33. The van der Waals surface area contributed by atoms with Gasteiger partial charge in [0, 0.05) is 6.04 Å². The fourth-order valence-electron chi connectivity index (χ4n) is 3.55. The van der Waals surface area contributed by atoms with Crippen molar-refractivity contribution in [1.29, 1.82) is 0 Å². The molecule has 27 heavy (non-hydrogen) atoms. The molecule has 2 N–H and O–H groups in total. The van der Waals surface area contributed by atoms with Crippen molar-refractivity contribution in [3.05, 3.63) is 41.6 Å². The number of hydrogen-bond donors (Lipinski definition) is 2. The van der Waals surface area contributed by atoms with Crippen molar-refractivity contribution in [3.63, 3.8) is 0 Å². The van der Waals surface area contributed by atoms with Crippen molar-refractivity contribution in [2.24, 2.45) is 0 Å². The number of imidazole rings is 1. The summed E-state index contributed by atoms with van der Waals surface area (Å²) in [6.45, 7) is 1.36. The second-order valence-electron chi connectivity index (χ2n) is 7.15. The highest BCUT2D eigenvalue weighted by atomic mass is 19.1. The second-order valence-corrected chi connectivity index (χ2v) is 7.15. The van der Waals surface area contributed by atoms with E-state index in [2.05, 4.69) is 30.3 Å². The van der Waals surface area contributed by atoms with Crippen LogP contribution in [-0.2, 0) is 6.54 Å². The first kappa shape index (κ1) is 16.4. The molecule has 5 rings (SSSR count).